The smallest absolute Gasteiger partial charge is 0.229 e. The highest BCUT2D eigenvalue weighted by molar-refractivity contribution is 5.85. The molecule has 2 saturated heterocycles. The minimum Gasteiger partial charge on any atom is -0.497 e. The molecule has 1 amide bonds. The minimum absolute atomic E-state index is 0.0790. The fraction of sp³-hybridized carbons (Fsp3) is 0.364. The van der Waals surface area contributed by atoms with Crippen LogP contribution in [0.15, 0.2) is 48.8 Å². The standard InChI is InChI=1S/C22H24N4O3/c1-28-19-5-2-17(3-6-19)26-15-23-20-7-4-18(12-21(20)26)25-13-16(14-25)22(27)24-8-10-29-11-9-24/h2-7,12,15-16H,8-11,13-14H2,1H3. The van der Waals surface area contributed by atoms with Gasteiger partial charge >= 0.3 is 0 Å². The van der Waals surface area contributed by atoms with E-state index in [-0.39, 0.29) is 11.8 Å². The average Bonchev–Trinajstić information content (AvgIpc) is 3.16. The van der Waals surface area contributed by atoms with Crippen molar-refractivity contribution in [3.05, 3.63) is 48.8 Å². The van der Waals surface area contributed by atoms with Crippen LogP contribution < -0.4 is 9.64 Å². The lowest BCUT2D eigenvalue weighted by Gasteiger charge is -2.42. The van der Waals surface area contributed by atoms with Gasteiger partial charge in [0.2, 0.25) is 5.91 Å². The van der Waals surface area contributed by atoms with Gasteiger partial charge < -0.3 is 19.3 Å². The number of aromatic nitrogens is 2. The summed E-state index contributed by atoms with van der Waals surface area (Å²) in [5.41, 5.74) is 4.16. The lowest BCUT2D eigenvalue weighted by atomic mass is 9.97. The van der Waals surface area contributed by atoms with Crippen LogP contribution >= 0.6 is 0 Å². The molecule has 7 nitrogen and oxygen atoms in total. The van der Waals surface area contributed by atoms with Crippen molar-refractivity contribution in [3.63, 3.8) is 0 Å². The van der Waals surface area contributed by atoms with E-state index in [2.05, 4.69) is 26.6 Å². The van der Waals surface area contributed by atoms with E-state index in [0.717, 1.165) is 41.2 Å². The van der Waals surface area contributed by atoms with Crippen molar-refractivity contribution in [1.82, 2.24) is 14.5 Å². The van der Waals surface area contributed by atoms with E-state index in [1.807, 2.05) is 41.6 Å². The molecule has 0 atom stereocenters. The predicted molar refractivity (Wildman–Crippen MR) is 111 cm³/mol. The van der Waals surface area contributed by atoms with Crippen molar-refractivity contribution in [2.45, 2.75) is 0 Å². The molecule has 29 heavy (non-hydrogen) atoms. The van der Waals surface area contributed by atoms with E-state index in [1.165, 1.54) is 0 Å². The average molecular weight is 392 g/mol. The first-order valence-electron chi connectivity index (χ1n) is 9.96. The summed E-state index contributed by atoms with van der Waals surface area (Å²) in [6, 6.07) is 14.2. The lowest BCUT2D eigenvalue weighted by Crippen LogP contribution is -2.56. The summed E-state index contributed by atoms with van der Waals surface area (Å²) >= 11 is 0. The topological polar surface area (TPSA) is 59.8 Å². The number of carbonyl (C=O) groups excluding carboxylic acids is 1. The summed E-state index contributed by atoms with van der Waals surface area (Å²) in [6.45, 7) is 4.24. The van der Waals surface area contributed by atoms with Gasteiger partial charge in [-0.05, 0) is 42.5 Å². The number of benzene rings is 2. The van der Waals surface area contributed by atoms with E-state index < -0.39 is 0 Å². The van der Waals surface area contributed by atoms with Crippen molar-refractivity contribution in [2.75, 3.05) is 51.4 Å². The Hall–Kier alpha value is -3.06. The molecule has 0 aliphatic carbocycles. The van der Waals surface area contributed by atoms with Crippen LogP contribution in [0.3, 0.4) is 0 Å². The van der Waals surface area contributed by atoms with Gasteiger partial charge in [-0.2, -0.15) is 0 Å². The van der Waals surface area contributed by atoms with Gasteiger partial charge in [0.25, 0.3) is 0 Å². The van der Waals surface area contributed by atoms with Crippen LogP contribution in [0.5, 0.6) is 5.75 Å². The molecule has 2 fully saturated rings. The molecule has 0 unspecified atom stereocenters. The third-order valence-electron chi connectivity index (χ3n) is 5.80. The summed E-state index contributed by atoms with van der Waals surface area (Å²) in [5.74, 6) is 1.17. The Kier molecular flexibility index (Phi) is 4.60. The lowest BCUT2D eigenvalue weighted by molar-refractivity contribution is -0.140. The number of ether oxygens (including phenoxy) is 2. The Balaban J connectivity index is 1.33. The zero-order chi connectivity index (χ0) is 19.8. The van der Waals surface area contributed by atoms with E-state index in [0.29, 0.717) is 26.3 Å². The molecule has 0 saturated carbocycles. The van der Waals surface area contributed by atoms with Crippen LogP contribution in [0.1, 0.15) is 0 Å². The van der Waals surface area contributed by atoms with Crippen LogP contribution in [0.25, 0.3) is 16.7 Å². The third kappa shape index (κ3) is 3.31. The molecule has 3 heterocycles. The van der Waals surface area contributed by atoms with E-state index >= 15 is 0 Å². The second-order valence-corrected chi connectivity index (χ2v) is 7.53. The van der Waals surface area contributed by atoms with E-state index in [4.69, 9.17) is 9.47 Å². The molecule has 1 aromatic heterocycles. The predicted octanol–water partition coefficient (Wildman–Crippen LogP) is 2.33. The zero-order valence-corrected chi connectivity index (χ0v) is 16.5. The van der Waals surface area contributed by atoms with Gasteiger partial charge in [-0.3, -0.25) is 9.36 Å². The van der Waals surface area contributed by atoms with Gasteiger partial charge in [0.1, 0.15) is 12.1 Å². The van der Waals surface area contributed by atoms with Gasteiger partial charge in [0.15, 0.2) is 0 Å². The van der Waals surface area contributed by atoms with Crippen LogP contribution in [0.2, 0.25) is 0 Å². The number of carbonyl (C=O) groups is 1. The van der Waals surface area contributed by atoms with Crippen molar-refractivity contribution < 1.29 is 14.3 Å². The maximum Gasteiger partial charge on any atom is 0.229 e. The highest BCUT2D eigenvalue weighted by Gasteiger charge is 2.36. The first kappa shape index (κ1) is 18.0. The largest absolute Gasteiger partial charge is 0.497 e. The number of rotatable bonds is 4. The number of hydrogen-bond acceptors (Lipinski definition) is 5. The number of hydrogen-bond donors (Lipinski definition) is 0. The Morgan fingerprint density at radius 3 is 2.52 bits per heavy atom. The third-order valence-corrected chi connectivity index (χ3v) is 5.80. The summed E-state index contributed by atoms with van der Waals surface area (Å²) in [5, 5.41) is 0. The quantitative estimate of drug-likeness (QED) is 0.682. The van der Waals surface area contributed by atoms with E-state index in [1.54, 1.807) is 7.11 Å². The maximum absolute atomic E-state index is 12.6. The Morgan fingerprint density at radius 2 is 1.79 bits per heavy atom. The molecule has 5 rings (SSSR count). The van der Waals surface area contributed by atoms with Crippen LogP contribution in [-0.4, -0.2) is 66.9 Å². The molecule has 0 N–H and O–H groups in total. The number of imidazole rings is 1. The number of fused-ring (bicyclic) bond motifs is 1. The molecule has 3 aromatic rings. The second kappa shape index (κ2) is 7.40. The van der Waals surface area contributed by atoms with Crippen molar-refractivity contribution in [2.24, 2.45) is 5.92 Å². The van der Waals surface area contributed by atoms with Gasteiger partial charge in [-0.1, -0.05) is 0 Å². The Labute approximate surface area is 169 Å². The maximum atomic E-state index is 12.6. The molecule has 2 aromatic carbocycles. The van der Waals surface area contributed by atoms with Gasteiger partial charge in [0, 0.05) is 37.6 Å². The summed E-state index contributed by atoms with van der Waals surface area (Å²) < 4.78 is 12.7. The first-order valence-corrected chi connectivity index (χ1v) is 9.96. The SMILES string of the molecule is COc1ccc(-n2cnc3ccc(N4CC(C(=O)N5CCOCC5)C4)cc32)cc1. The van der Waals surface area contributed by atoms with Crippen molar-refractivity contribution in [3.8, 4) is 11.4 Å². The number of methoxy groups -OCH3 is 1. The van der Waals surface area contributed by atoms with Gasteiger partial charge in [0.05, 0.1) is 37.3 Å². The molecular formula is C22H24N4O3. The zero-order valence-electron chi connectivity index (χ0n) is 16.5. The highest BCUT2D eigenvalue weighted by atomic mass is 16.5. The molecule has 7 heteroatoms. The molecule has 2 aliphatic heterocycles. The van der Waals surface area contributed by atoms with Gasteiger partial charge in [-0.25, -0.2) is 4.98 Å². The molecule has 0 bridgehead atoms. The molecule has 0 radical (unpaired) electrons. The fourth-order valence-corrected chi connectivity index (χ4v) is 4.03. The normalized spacial score (nSPS) is 17.4. The van der Waals surface area contributed by atoms with Crippen LogP contribution in [0, 0.1) is 5.92 Å². The number of anilines is 1. The second-order valence-electron chi connectivity index (χ2n) is 7.53. The number of morpholine rings is 1. The van der Waals surface area contributed by atoms with Gasteiger partial charge in [-0.15, -0.1) is 0 Å². The number of nitrogens with zero attached hydrogens (tertiary/aromatic N) is 4. The van der Waals surface area contributed by atoms with Crippen LogP contribution in [0.4, 0.5) is 5.69 Å². The number of amides is 1. The molecule has 150 valence electrons. The Morgan fingerprint density at radius 1 is 1.07 bits per heavy atom. The molecule has 2 aliphatic rings. The Bertz CT molecular complexity index is 1020. The van der Waals surface area contributed by atoms with Crippen molar-refractivity contribution >= 4 is 22.6 Å². The molecule has 0 spiro atoms. The highest BCUT2D eigenvalue weighted by Crippen LogP contribution is 2.30. The summed E-state index contributed by atoms with van der Waals surface area (Å²) in [7, 11) is 1.66. The first-order chi connectivity index (χ1) is 14.2. The summed E-state index contributed by atoms with van der Waals surface area (Å²) in [6.07, 6.45) is 1.84. The summed E-state index contributed by atoms with van der Waals surface area (Å²) in [4.78, 5) is 21.4. The van der Waals surface area contributed by atoms with E-state index in [9.17, 15) is 4.79 Å². The van der Waals surface area contributed by atoms with Crippen molar-refractivity contribution in [1.29, 1.82) is 0 Å². The minimum atomic E-state index is 0.0790. The molecular weight excluding hydrogens is 368 g/mol. The van der Waals surface area contributed by atoms with Crippen LogP contribution in [-0.2, 0) is 9.53 Å². The monoisotopic (exact) mass is 392 g/mol. The fourth-order valence-electron chi connectivity index (χ4n) is 4.03.